The van der Waals surface area contributed by atoms with Crippen molar-refractivity contribution in [3.05, 3.63) is 62.3 Å². The molecule has 0 fully saturated rings. The van der Waals surface area contributed by atoms with E-state index >= 15 is 0 Å². The smallest absolute Gasteiger partial charge is 0.310 e. The largest absolute Gasteiger partial charge is 0.332 e. The van der Waals surface area contributed by atoms with Crippen molar-refractivity contribution in [1.29, 1.82) is 0 Å². The Bertz CT molecular complexity index is 1170. The molecule has 26 heavy (non-hydrogen) atoms. The summed E-state index contributed by atoms with van der Waals surface area (Å²) in [6.45, 7) is 7.03. The van der Waals surface area contributed by atoms with Crippen LogP contribution in [0.25, 0.3) is 11.2 Å². The molecule has 2 aromatic heterocycles. The normalized spacial score (nSPS) is 13.4. The van der Waals surface area contributed by atoms with Gasteiger partial charge in [0.05, 0.1) is 0 Å². The monoisotopic (exact) mass is 371 g/mol. The Morgan fingerprint density at radius 2 is 2.08 bits per heavy atom. The van der Waals surface area contributed by atoms with E-state index in [1.165, 1.54) is 15.2 Å². The van der Waals surface area contributed by atoms with Gasteiger partial charge in [-0.25, -0.2) is 4.79 Å². The topological polar surface area (TPSA) is 65.1 Å². The number of fused-ring (bicyclic) bond motifs is 3. The van der Waals surface area contributed by atoms with Crippen molar-refractivity contribution in [3.8, 4) is 0 Å². The fourth-order valence-electron chi connectivity index (χ4n) is 3.36. The molecule has 0 unspecified atom stereocenters. The molecule has 0 saturated carbocycles. The molecule has 0 radical (unpaired) electrons. The van der Waals surface area contributed by atoms with E-state index in [4.69, 9.17) is 11.6 Å². The van der Waals surface area contributed by atoms with E-state index in [0.29, 0.717) is 35.2 Å². The van der Waals surface area contributed by atoms with E-state index in [2.05, 4.69) is 11.6 Å². The Labute approximate surface area is 154 Å². The third kappa shape index (κ3) is 2.24. The van der Waals surface area contributed by atoms with Crippen LogP contribution in [-0.4, -0.2) is 25.2 Å². The molecule has 4 rings (SSSR count). The third-order valence-electron chi connectivity index (χ3n) is 4.78. The molecule has 8 heteroatoms. The second-order valence-corrected chi connectivity index (χ2v) is 6.77. The fourth-order valence-corrected chi connectivity index (χ4v) is 3.54. The molecule has 1 aromatic carbocycles. The van der Waals surface area contributed by atoms with Gasteiger partial charge in [-0.1, -0.05) is 23.7 Å². The van der Waals surface area contributed by atoms with Gasteiger partial charge in [-0.05, 0) is 24.6 Å². The number of aryl methyl sites for hydroxylation is 2. The van der Waals surface area contributed by atoms with E-state index in [1.54, 1.807) is 7.05 Å². The van der Waals surface area contributed by atoms with Crippen LogP contribution in [0, 0.1) is 6.92 Å². The highest BCUT2D eigenvalue weighted by molar-refractivity contribution is 6.31. The maximum absolute atomic E-state index is 12.9. The van der Waals surface area contributed by atoms with Crippen molar-refractivity contribution < 1.29 is 0 Å². The molecule has 0 amide bonds. The summed E-state index contributed by atoms with van der Waals surface area (Å²) in [5.41, 5.74) is 1.99. The van der Waals surface area contributed by atoms with Crippen LogP contribution in [0.2, 0.25) is 5.02 Å². The molecule has 0 spiro atoms. The lowest BCUT2D eigenvalue weighted by molar-refractivity contribution is 0.662. The molecule has 0 bridgehead atoms. The summed E-state index contributed by atoms with van der Waals surface area (Å²) in [6.07, 6.45) is 1.54. The summed E-state index contributed by atoms with van der Waals surface area (Å²) in [6, 6.07) is 5.82. The summed E-state index contributed by atoms with van der Waals surface area (Å²) in [5, 5.41) is 0.679. The lowest BCUT2D eigenvalue weighted by Crippen LogP contribution is -2.39. The van der Waals surface area contributed by atoms with Crippen LogP contribution in [-0.2, 0) is 20.1 Å². The third-order valence-corrected chi connectivity index (χ3v) is 5.19. The van der Waals surface area contributed by atoms with E-state index in [0.717, 1.165) is 11.3 Å². The van der Waals surface area contributed by atoms with Gasteiger partial charge in [0.1, 0.15) is 0 Å². The van der Waals surface area contributed by atoms with Crippen LogP contribution >= 0.6 is 11.6 Å². The molecule has 0 aliphatic carbocycles. The molecule has 7 nitrogen and oxygen atoms in total. The molecule has 3 heterocycles. The first-order chi connectivity index (χ1) is 12.4. The first-order valence-corrected chi connectivity index (χ1v) is 8.66. The molecule has 3 aromatic rings. The second-order valence-electron chi connectivity index (χ2n) is 6.37. The lowest BCUT2D eigenvalue weighted by atomic mass is 10.2. The number of halogens is 1. The number of allylic oxidation sites excluding steroid dienone is 1. The minimum Gasteiger partial charge on any atom is -0.310 e. The van der Waals surface area contributed by atoms with E-state index in [-0.39, 0.29) is 12.1 Å². The number of hydrogen-bond acceptors (Lipinski definition) is 4. The molecule has 134 valence electrons. The zero-order chi connectivity index (χ0) is 18.6. The van der Waals surface area contributed by atoms with Crippen molar-refractivity contribution in [2.75, 3.05) is 11.4 Å². The predicted molar refractivity (Wildman–Crippen MR) is 103 cm³/mol. The van der Waals surface area contributed by atoms with Crippen molar-refractivity contribution in [2.24, 2.45) is 7.05 Å². The Morgan fingerprint density at radius 1 is 1.31 bits per heavy atom. The Kier molecular flexibility index (Phi) is 3.77. The van der Waals surface area contributed by atoms with Crippen molar-refractivity contribution in [1.82, 2.24) is 18.7 Å². The van der Waals surface area contributed by atoms with Gasteiger partial charge in [0.25, 0.3) is 5.56 Å². The maximum Gasteiger partial charge on any atom is 0.332 e. The average molecular weight is 372 g/mol. The second kappa shape index (κ2) is 5.88. The number of imidazole rings is 1. The zero-order valence-corrected chi connectivity index (χ0v) is 15.3. The van der Waals surface area contributed by atoms with Gasteiger partial charge in [-0.3, -0.25) is 13.9 Å². The first kappa shape index (κ1) is 16.7. The number of nitrogens with zero attached hydrogens (tertiary/aromatic N) is 5. The minimum atomic E-state index is -0.399. The molecular weight excluding hydrogens is 354 g/mol. The van der Waals surface area contributed by atoms with Gasteiger partial charge in [-0.15, -0.1) is 6.58 Å². The first-order valence-electron chi connectivity index (χ1n) is 8.28. The minimum absolute atomic E-state index is 0.166. The van der Waals surface area contributed by atoms with Crippen LogP contribution in [0.4, 0.5) is 11.6 Å². The van der Waals surface area contributed by atoms with Gasteiger partial charge in [-0.2, -0.15) is 4.98 Å². The summed E-state index contributed by atoms with van der Waals surface area (Å²) in [4.78, 5) is 31.9. The summed E-state index contributed by atoms with van der Waals surface area (Å²) in [5.74, 6) is 0.642. The van der Waals surface area contributed by atoms with Crippen LogP contribution in [0.5, 0.6) is 0 Å². The molecule has 1 aliphatic heterocycles. The van der Waals surface area contributed by atoms with Crippen LogP contribution < -0.4 is 16.1 Å². The van der Waals surface area contributed by atoms with Gasteiger partial charge >= 0.3 is 5.69 Å². The van der Waals surface area contributed by atoms with E-state index in [1.807, 2.05) is 34.6 Å². The van der Waals surface area contributed by atoms with Crippen LogP contribution in [0.3, 0.4) is 0 Å². The van der Waals surface area contributed by atoms with E-state index < -0.39 is 5.69 Å². The van der Waals surface area contributed by atoms with Crippen molar-refractivity contribution in [3.63, 3.8) is 0 Å². The van der Waals surface area contributed by atoms with Gasteiger partial charge < -0.3 is 9.47 Å². The number of benzene rings is 1. The van der Waals surface area contributed by atoms with Crippen molar-refractivity contribution in [2.45, 2.75) is 20.0 Å². The number of rotatable bonds is 3. The SMILES string of the molecule is C=CCn1c(=O)c2c(nc3n2CCN3c2ccc(C)c(Cl)c2)n(C)c1=O. The number of anilines is 2. The van der Waals surface area contributed by atoms with E-state index in [9.17, 15) is 9.59 Å². The lowest BCUT2D eigenvalue weighted by Gasteiger charge is -2.16. The van der Waals surface area contributed by atoms with Gasteiger partial charge in [0, 0.05) is 37.4 Å². The highest BCUT2D eigenvalue weighted by Gasteiger charge is 2.28. The highest BCUT2D eigenvalue weighted by atomic mass is 35.5. The molecule has 0 saturated heterocycles. The quantitative estimate of drug-likeness (QED) is 0.662. The Morgan fingerprint density at radius 3 is 2.77 bits per heavy atom. The number of aromatic nitrogens is 4. The molecular formula is C18H18ClN5O2. The van der Waals surface area contributed by atoms with Gasteiger partial charge in [0.2, 0.25) is 5.95 Å². The van der Waals surface area contributed by atoms with Crippen LogP contribution in [0.15, 0.2) is 40.4 Å². The van der Waals surface area contributed by atoms with Crippen LogP contribution in [0.1, 0.15) is 5.56 Å². The molecule has 0 atom stereocenters. The van der Waals surface area contributed by atoms with Crippen molar-refractivity contribution >= 4 is 34.4 Å². The summed E-state index contributed by atoms with van der Waals surface area (Å²) in [7, 11) is 1.62. The fraction of sp³-hybridized carbons (Fsp3) is 0.278. The predicted octanol–water partition coefficient (Wildman–Crippen LogP) is 2.20. The number of hydrogen-bond donors (Lipinski definition) is 0. The summed E-state index contributed by atoms with van der Waals surface area (Å²) >= 11 is 6.26. The van der Waals surface area contributed by atoms with Gasteiger partial charge in [0.15, 0.2) is 11.2 Å². The Balaban J connectivity index is 1.96. The molecule has 0 N–H and O–H groups in total. The average Bonchev–Trinajstić information content (AvgIpc) is 3.18. The molecule has 1 aliphatic rings. The Hall–Kier alpha value is -2.80. The zero-order valence-electron chi connectivity index (χ0n) is 14.6. The standard InChI is InChI=1S/C18H18ClN5O2/c1-4-7-24-16(25)14-15(21(3)18(24)26)20-17-22(8-9-23(14)17)12-6-5-11(2)13(19)10-12/h4-6,10H,1,7-9H2,2-3H3. The highest BCUT2D eigenvalue weighted by Crippen LogP contribution is 2.33. The maximum atomic E-state index is 12.9. The summed E-state index contributed by atoms with van der Waals surface area (Å²) < 4.78 is 4.45.